The molecule has 0 aliphatic heterocycles. The lowest BCUT2D eigenvalue weighted by Crippen LogP contribution is -2.08. The van der Waals surface area contributed by atoms with Gasteiger partial charge in [0, 0.05) is 0 Å². The fraction of sp³-hybridized carbons (Fsp3) is 0.462. The van der Waals surface area contributed by atoms with Crippen molar-refractivity contribution < 1.29 is 14.3 Å². The van der Waals surface area contributed by atoms with E-state index >= 15 is 0 Å². The first-order valence-electron chi connectivity index (χ1n) is 5.43. The Kier molecular flexibility index (Phi) is 4.83. The maximum Gasteiger partial charge on any atom is 0.308 e. The van der Waals surface area contributed by atoms with E-state index in [1.54, 1.807) is 0 Å². The molecule has 0 saturated carbocycles. The fourth-order valence-electron chi connectivity index (χ4n) is 1.44. The van der Waals surface area contributed by atoms with Crippen LogP contribution in [0, 0.1) is 0 Å². The molecule has 0 fully saturated rings. The minimum Gasteiger partial charge on any atom is -0.493 e. The molecule has 0 aromatic heterocycles. The van der Waals surface area contributed by atoms with Crippen LogP contribution in [-0.2, 0) is 9.53 Å². The summed E-state index contributed by atoms with van der Waals surface area (Å²) in [6.45, 7) is 4.58. The van der Waals surface area contributed by atoms with Gasteiger partial charge in [0.1, 0.15) is 5.75 Å². The van der Waals surface area contributed by atoms with E-state index in [-0.39, 0.29) is 12.4 Å². The Morgan fingerprint density at radius 2 is 2.00 bits per heavy atom. The number of para-hydroxylation sites is 1. The Balaban J connectivity index is 2.56. The molecular formula is C13H18O3. The third kappa shape index (κ3) is 3.57. The van der Waals surface area contributed by atoms with Gasteiger partial charge in [0.2, 0.25) is 0 Å². The zero-order chi connectivity index (χ0) is 12.0. The van der Waals surface area contributed by atoms with E-state index in [2.05, 4.69) is 18.6 Å². The Bertz CT molecular complexity index is 345. The maximum atomic E-state index is 10.9. The minimum absolute atomic E-state index is 0.248. The molecule has 0 radical (unpaired) electrons. The van der Waals surface area contributed by atoms with Gasteiger partial charge >= 0.3 is 5.97 Å². The fourth-order valence-corrected chi connectivity index (χ4v) is 1.44. The van der Waals surface area contributed by atoms with Gasteiger partial charge in [-0.1, -0.05) is 32.0 Å². The number of esters is 1. The third-order valence-corrected chi connectivity index (χ3v) is 2.33. The lowest BCUT2D eigenvalue weighted by Gasteiger charge is -2.13. The van der Waals surface area contributed by atoms with E-state index in [9.17, 15) is 4.79 Å². The van der Waals surface area contributed by atoms with Crippen molar-refractivity contribution in [3.05, 3.63) is 29.8 Å². The average Bonchev–Trinajstić information content (AvgIpc) is 2.29. The van der Waals surface area contributed by atoms with Crippen molar-refractivity contribution in [2.24, 2.45) is 0 Å². The highest BCUT2D eigenvalue weighted by molar-refractivity contribution is 5.69. The molecule has 0 atom stereocenters. The topological polar surface area (TPSA) is 35.5 Å². The first-order chi connectivity index (χ1) is 7.65. The average molecular weight is 222 g/mol. The van der Waals surface area contributed by atoms with Crippen LogP contribution in [-0.4, -0.2) is 19.7 Å². The first-order valence-corrected chi connectivity index (χ1v) is 5.43. The van der Waals surface area contributed by atoms with Gasteiger partial charge < -0.3 is 9.47 Å². The van der Waals surface area contributed by atoms with Gasteiger partial charge in [-0.25, -0.2) is 0 Å². The summed E-state index contributed by atoms with van der Waals surface area (Å²) >= 11 is 0. The Morgan fingerprint density at radius 1 is 1.31 bits per heavy atom. The Hall–Kier alpha value is -1.51. The molecular weight excluding hydrogens is 204 g/mol. The second kappa shape index (κ2) is 6.16. The number of carbonyl (C=O) groups is 1. The number of methoxy groups -OCH3 is 1. The number of benzene rings is 1. The Morgan fingerprint density at radius 3 is 2.62 bits per heavy atom. The zero-order valence-corrected chi connectivity index (χ0v) is 10.0. The van der Waals surface area contributed by atoms with Crippen LogP contribution in [0.4, 0.5) is 0 Å². The molecule has 0 aliphatic rings. The molecule has 0 heterocycles. The molecule has 0 bridgehead atoms. The van der Waals surface area contributed by atoms with Crippen molar-refractivity contribution in [2.45, 2.75) is 26.2 Å². The van der Waals surface area contributed by atoms with Gasteiger partial charge in [0.25, 0.3) is 0 Å². The minimum atomic E-state index is -0.248. The molecule has 3 heteroatoms. The summed E-state index contributed by atoms with van der Waals surface area (Å²) in [6.07, 6.45) is 0.281. The molecule has 0 unspecified atom stereocenters. The van der Waals surface area contributed by atoms with Crippen molar-refractivity contribution in [2.75, 3.05) is 13.7 Å². The number of hydrogen-bond acceptors (Lipinski definition) is 3. The molecule has 3 nitrogen and oxygen atoms in total. The van der Waals surface area contributed by atoms with Gasteiger partial charge in [-0.2, -0.15) is 0 Å². The van der Waals surface area contributed by atoms with Gasteiger partial charge in [-0.3, -0.25) is 4.79 Å². The highest BCUT2D eigenvalue weighted by Gasteiger charge is 2.07. The van der Waals surface area contributed by atoms with E-state index in [1.807, 2.05) is 24.3 Å². The van der Waals surface area contributed by atoms with Crippen LogP contribution in [0.5, 0.6) is 5.75 Å². The van der Waals surface area contributed by atoms with E-state index < -0.39 is 0 Å². The molecule has 0 N–H and O–H groups in total. The van der Waals surface area contributed by atoms with Crippen LogP contribution >= 0.6 is 0 Å². The predicted octanol–water partition coefficient (Wildman–Crippen LogP) is 2.75. The van der Waals surface area contributed by atoms with Crippen LogP contribution in [0.1, 0.15) is 31.7 Å². The standard InChI is InChI=1S/C13H18O3/c1-10(2)11-6-4-5-7-12(11)16-9-8-13(14)15-3/h4-7,10H,8-9H2,1-3H3. The lowest BCUT2D eigenvalue weighted by molar-refractivity contribution is -0.141. The van der Waals surface area contributed by atoms with Gasteiger partial charge in [-0.15, -0.1) is 0 Å². The lowest BCUT2D eigenvalue weighted by atomic mass is 10.0. The quantitative estimate of drug-likeness (QED) is 0.719. The van der Waals surface area contributed by atoms with Crippen molar-refractivity contribution in [3.63, 3.8) is 0 Å². The van der Waals surface area contributed by atoms with Crippen molar-refractivity contribution >= 4 is 5.97 Å². The predicted molar refractivity (Wildman–Crippen MR) is 62.7 cm³/mol. The van der Waals surface area contributed by atoms with E-state index in [4.69, 9.17) is 4.74 Å². The molecule has 0 aliphatic carbocycles. The summed E-state index contributed by atoms with van der Waals surface area (Å²) in [6, 6.07) is 7.88. The summed E-state index contributed by atoms with van der Waals surface area (Å²) in [5.74, 6) is 1.01. The summed E-state index contributed by atoms with van der Waals surface area (Å²) in [7, 11) is 1.38. The van der Waals surface area contributed by atoms with Crippen molar-refractivity contribution in [1.29, 1.82) is 0 Å². The smallest absolute Gasteiger partial charge is 0.308 e. The summed E-state index contributed by atoms with van der Waals surface area (Å²) < 4.78 is 10.1. The van der Waals surface area contributed by atoms with E-state index in [0.29, 0.717) is 12.5 Å². The highest BCUT2D eigenvalue weighted by atomic mass is 16.5. The molecule has 16 heavy (non-hydrogen) atoms. The monoisotopic (exact) mass is 222 g/mol. The number of hydrogen-bond donors (Lipinski definition) is 0. The number of rotatable bonds is 5. The van der Waals surface area contributed by atoms with Crippen molar-refractivity contribution in [3.8, 4) is 5.75 Å². The zero-order valence-electron chi connectivity index (χ0n) is 10.0. The molecule has 1 rings (SSSR count). The normalized spacial score (nSPS) is 10.2. The van der Waals surface area contributed by atoms with Gasteiger partial charge in [0.15, 0.2) is 0 Å². The molecule has 88 valence electrons. The first kappa shape index (κ1) is 12.6. The highest BCUT2D eigenvalue weighted by Crippen LogP contribution is 2.25. The summed E-state index contributed by atoms with van der Waals surface area (Å²) in [5, 5.41) is 0. The molecule has 0 saturated heterocycles. The Labute approximate surface area is 96.4 Å². The van der Waals surface area contributed by atoms with Crippen LogP contribution in [0.3, 0.4) is 0 Å². The second-order valence-corrected chi connectivity index (χ2v) is 3.87. The van der Waals surface area contributed by atoms with E-state index in [0.717, 1.165) is 11.3 Å². The van der Waals surface area contributed by atoms with Crippen LogP contribution < -0.4 is 4.74 Å². The van der Waals surface area contributed by atoms with Crippen molar-refractivity contribution in [1.82, 2.24) is 0 Å². The molecule has 0 spiro atoms. The summed E-state index contributed by atoms with van der Waals surface area (Å²) in [4.78, 5) is 10.9. The number of carbonyl (C=O) groups excluding carboxylic acids is 1. The van der Waals surface area contributed by atoms with Gasteiger partial charge in [-0.05, 0) is 17.5 Å². The van der Waals surface area contributed by atoms with E-state index in [1.165, 1.54) is 7.11 Å². The van der Waals surface area contributed by atoms with Crippen LogP contribution in [0.2, 0.25) is 0 Å². The SMILES string of the molecule is COC(=O)CCOc1ccccc1C(C)C. The third-order valence-electron chi connectivity index (χ3n) is 2.33. The molecule has 0 amide bonds. The second-order valence-electron chi connectivity index (χ2n) is 3.87. The molecule has 1 aromatic carbocycles. The maximum absolute atomic E-state index is 10.9. The summed E-state index contributed by atoms with van der Waals surface area (Å²) in [5.41, 5.74) is 1.16. The van der Waals surface area contributed by atoms with Gasteiger partial charge in [0.05, 0.1) is 20.1 Å². The molecule has 1 aromatic rings. The largest absolute Gasteiger partial charge is 0.493 e. The number of ether oxygens (including phenoxy) is 2. The van der Waals surface area contributed by atoms with Crippen LogP contribution in [0.15, 0.2) is 24.3 Å². The van der Waals surface area contributed by atoms with Crippen LogP contribution in [0.25, 0.3) is 0 Å².